The van der Waals surface area contributed by atoms with Gasteiger partial charge in [0.15, 0.2) is 11.6 Å². The largest absolute Gasteiger partial charge is 0.482 e. The lowest BCUT2D eigenvalue weighted by Crippen LogP contribution is -2.12. The molecule has 3 N–H and O–H groups in total. The molecule has 0 spiro atoms. The minimum absolute atomic E-state index is 0.0478. The molecule has 4 rings (SSSR count). The van der Waals surface area contributed by atoms with E-state index in [2.05, 4.69) is 10.1 Å². The van der Waals surface area contributed by atoms with Gasteiger partial charge in [0, 0.05) is 23.3 Å². The summed E-state index contributed by atoms with van der Waals surface area (Å²) < 4.78 is 35.6. The van der Waals surface area contributed by atoms with Gasteiger partial charge in [-0.3, -0.25) is 0 Å². The van der Waals surface area contributed by atoms with Gasteiger partial charge in [-0.15, -0.1) is 0 Å². The van der Waals surface area contributed by atoms with Gasteiger partial charge in [0.25, 0.3) is 0 Å². The second kappa shape index (κ2) is 7.43. The number of nitrogen functional groups attached to an aromatic ring is 1. The Hall–Kier alpha value is -4.01. The predicted molar refractivity (Wildman–Crippen MR) is 106 cm³/mol. The first-order chi connectivity index (χ1) is 14.3. The summed E-state index contributed by atoms with van der Waals surface area (Å²) in [6.07, 6.45) is 2.58. The molecule has 0 aliphatic carbocycles. The van der Waals surface area contributed by atoms with E-state index in [0.29, 0.717) is 11.3 Å². The zero-order valence-electron chi connectivity index (χ0n) is 15.7. The second-order valence-electron chi connectivity index (χ2n) is 6.59. The summed E-state index contributed by atoms with van der Waals surface area (Å²) in [6, 6.07) is 9.51. The van der Waals surface area contributed by atoms with Gasteiger partial charge in [-0.05, 0) is 49.4 Å². The molecule has 0 aliphatic rings. The standard InChI is InChI=1S/C21H16F2N4O3/c1-11(13-9-12(21(28)29)3-6-17(13)27-8-2-7-25-27)30-18-10-14-15(22)4-5-16(23)19(14)26-20(18)24/h2-11H,1H3,(H2,24,26)(H,28,29)/t11-/m0/s1. The number of hydrogen-bond donors (Lipinski definition) is 2. The van der Waals surface area contributed by atoms with Crippen molar-refractivity contribution in [3.8, 4) is 11.4 Å². The number of rotatable bonds is 5. The van der Waals surface area contributed by atoms with Crippen LogP contribution in [0.25, 0.3) is 16.6 Å². The van der Waals surface area contributed by atoms with Gasteiger partial charge in [0.1, 0.15) is 23.3 Å². The third-order valence-corrected chi connectivity index (χ3v) is 4.64. The number of ether oxygens (including phenoxy) is 1. The number of hydrogen-bond acceptors (Lipinski definition) is 5. The summed E-state index contributed by atoms with van der Waals surface area (Å²) in [4.78, 5) is 15.4. The first-order valence-corrected chi connectivity index (χ1v) is 8.93. The Morgan fingerprint density at radius 3 is 2.67 bits per heavy atom. The van der Waals surface area contributed by atoms with E-state index < -0.39 is 23.7 Å². The molecular formula is C21H16F2N4O3. The fraction of sp³-hybridized carbons (Fsp3) is 0.0952. The monoisotopic (exact) mass is 410 g/mol. The van der Waals surface area contributed by atoms with Crippen LogP contribution >= 0.6 is 0 Å². The number of anilines is 1. The average Bonchev–Trinajstić information content (AvgIpc) is 3.26. The van der Waals surface area contributed by atoms with Gasteiger partial charge in [-0.2, -0.15) is 5.10 Å². The van der Waals surface area contributed by atoms with Crippen molar-refractivity contribution >= 4 is 22.7 Å². The van der Waals surface area contributed by atoms with Crippen molar-refractivity contribution in [1.82, 2.24) is 14.8 Å². The highest BCUT2D eigenvalue weighted by atomic mass is 19.1. The number of halogens is 2. The van der Waals surface area contributed by atoms with E-state index in [-0.39, 0.29) is 28.0 Å². The summed E-state index contributed by atoms with van der Waals surface area (Å²) in [5.41, 5.74) is 6.88. The van der Waals surface area contributed by atoms with E-state index in [9.17, 15) is 18.7 Å². The van der Waals surface area contributed by atoms with Gasteiger partial charge < -0.3 is 15.6 Å². The molecule has 7 nitrogen and oxygen atoms in total. The SMILES string of the molecule is C[C@H](Oc1cc2c(F)ccc(F)c2nc1N)c1cc(C(=O)O)ccc1-n1cccn1. The van der Waals surface area contributed by atoms with Crippen molar-refractivity contribution in [1.29, 1.82) is 0 Å². The minimum Gasteiger partial charge on any atom is -0.482 e. The van der Waals surface area contributed by atoms with Gasteiger partial charge >= 0.3 is 5.97 Å². The van der Waals surface area contributed by atoms with Crippen molar-refractivity contribution in [2.45, 2.75) is 13.0 Å². The van der Waals surface area contributed by atoms with Crippen molar-refractivity contribution in [2.75, 3.05) is 5.73 Å². The number of nitrogens with two attached hydrogens (primary N) is 1. The highest BCUT2D eigenvalue weighted by Crippen LogP contribution is 2.33. The summed E-state index contributed by atoms with van der Waals surface area (Å²) in [7, 11) is 0. The maximum atomic E-state index is 14.2. The van der Waals surface area contributed by atoms with Crippen LogP contribution in [0, 0.1) is 11.6 Å². The number of carboxylic acids is 1. The zero-order chi connectivity index (χ0) is 21.4. The number of fused-ring (bicyclic) bond motifs is 1. The van der Waals surface area contributed by atoms with Crippen LogP contribution in [0.4, 0.5) is 14.6 Å². The minimum atomic E-state index is -1.10. The Morgan fingerprint density at radius 2 is 1.97 bits per heavy atom. The number of carbonyl (C=O) groups is 1. The van der Waals surface area contributed by atoms with Crippen molar-refractivity contribution < 1.29 is 23.4 Å². The van der Waals surface area contributed by atoms with Gasteiger partial charge in [0.05, 0.1) is 11.3 Å². The Balaban J connectivity index is 1.78. The van der Waals surface area contributed by atoms with E-state index >= 15 is 0 Å². The smallest absolute Gasteiger partial charge is 0.335 e. The number of aromatic carboxylic acids is 1. The lowest BCUT2D eigenvalue weighted by Gasteiger charge is -2.20. The Morgan fingerprint density at radius 1 is 1.20 bits per heavy atom. The molecule has 4 aromatic rings. The molecule has 0 saturated carbocycles. The number of aromatic nitrogens is 3. The summed E-state index contributed by atoms with van der Waals surface area (Å²) in [5, 5.41) is 13.5. The highest BCUT2D eigenvalue weighted by molar-refractivity contribution is 5.88. The Kier molecular flexibility index (Phi) is 4.78. The van der Waals surface area contributed by atoms with Crippen LogP contribution in [0.3, 0.4) is 0 Å². The van der Waals surface area contributed by atoms with Crippen molar-refractivity contribution in [3.63, 3.8) is 0 Å². The first kappa shape index (κ1) is 19.3. The highest BCUT2D eigenvalue weighted by Gasteiger charge is 2.20. The van der Waals surface area contributed by atoms with Gasteiger partial charge in [-0.1, -0.05) is 0 Å². The van der Waals surface area contributed by atoms with Crippen LogP contribution in [0.2, 0.25) is 0 Å². The molecule has 0 aliphatic heterocycles. The maximum absolute atomic E-state index is 14.2. The molecule has 152 valence electrons. The van der Waals surface area contributed by atoms with Crippen LogP contribution in [0.15, 0.2) is 54.9 Å². The average molecular weight is 410 g/mol. The molecule has 0 amide bonds. The molecule has 1 atom stereocenters. The third-order valence-electron chi connectivity index (χ3n) is 4.64. The van der Waals surface area contributed by atoms with Crippen LogP contribution < -0.4 is 10.5 Å². The number of carboxylic acid groups (broad SMARTS) is 1. The Bertz CT molecular complexity index is 1260. The quantitative estimate of drug-likeness (QED) is 0.513. The first-order valence-electron chi connectivity index (χ1n) is 8.93. The molecule has 0 unspecified atom stereocenters. The van der Waals surface area contributed by atoms with E-state index in [0.717, 1.165) is 12.1 Å². The van der Waals surface area contributed by atoms with Crippen molar-refractivity contribution in [2.24, 2.45) is 0 Å². The summed E-state index contributed by atoms with van der Waals surface area (Å²) >= 11 is 0. The van der Waals surface area contributed by atoms with Crippen LogP contribution in [0.1, 0.15) is 28.9 Å². The molecule has 0 radical (unpaired) electrons. The summed E-state index contributed by atoms with van der Waals surface area (Å²) in [6.45, 7) is 1.68. The molecule has 9 heteroatoms. The fourth-order valence-electron chi connectivity index (χ4n) is 3.17. The summed E-state index contributed by atoms with van der Waals surface area (Å²) in [5.74, 6) is -2.53. The molecule has 30 heavy (non-hydrogen) atoms. The molecule has 0 fully saturated rings. The fourth-order valence-corrected chi connectivity index (χ4v) is 3.17. The number of benzene rings is 2. The van der Waals surface area contributed by atoms with Crippen LogP contribution in [-0.4, -0.2) is 25.8 Å². The predicted octanol–water partition coefficient (Wildman–Crippen LogP) is 4.12. The molecule has 2 heterocycles. The molecule has 2 aromatic carbocycles. The molecule has 0 saturated heterocycles. The van der Waals surface area contributed by atoms with E-state index in [1.54, 1.807) is 36.1 Å². The third kappa shape index (κ3) is 3.41. The normalized spacial score (nSPS) is 12.1. The molecular weight excluding hydrogens is 394 g/mol. The topological polar surface area (TPSA) is 103 Å². The maximum Gasteiger partial charge on any atom is 0.335 e. The lowest BCUT2D eigenvalue weighted by atomic mass is 10.0. The van der Waals surface area contributed by atoms with Crippen LogP contribution in [-0.2, 0) is 0 Å². The van der Waals surface area contributed by atoms with Crippen molar-refractivity contribution in [3.05, 3.63) is 77.6 Å². The number of nitrogens with zero attached hydrogens (tertiary/aromatic N) is 3. The van der Waals surface area contributed by atoms with E-state index in [1.807, 2.05) is 0 Å². The lowest BCUT2D eigenvalue weighted by molar-refractivity contribution is 0.0696. The zero-order valence-corrected chi connectivity index (χ0v) is 15.7. The van der Waals surface area contributed by atoms with E-state index in [1.165, 1.54) is 18.2 Å². The Labute approximate surface area is 169 Å². The van der Waals surface area contributed by atoms with Crippen LogP contribution in [0.5, 0.6) is 5.75 Å². The van der Waals surface area contributed by atoms with Gasteiger partial charge in [0.2, 0.25) is 0 Å². The van der Waals surface area contributed by atoms with Gasteiger partial charge in [-0.25, -0.2) is 23.2 Å². The number of pyridine rings is 1. The molecule has 2 aromatic heterocycles. The second-order valence-corrected chi connectivity index (χ2v) is 6.59. The molecule has 0 bridgehead atoms. The van der Waals surface area contributed by atoms with E-state index in [4.69, 9.17) is 10.5 Å².